The summed E-state index contributed by atoms with van der Waals surface area (Å²) in [7, 11) is 0. The summed E-state index contributed by atoms with van der Waals surface area (Å²) in [5.74, 6) is 2.61. The second-order valence-electron chi connectivity index (χ2n) is 5.90. The van der Waals surface area contributed by atoms with Gasteiger partial charge < -0.3 is 5.32 Å². The number of terminal acetylenes is 1. The Bertz CT molecular complexity index is 892. The van der Waals surface area contributed by atoms with E-state index >= 15 is 0 Å². The largest absolute Gasteiger partial charge is 0.311 e. The number of nitrogens with zero attached hydrogens (tertiary/aromatic N) is 2. The van der Waals surface area contributed by atoms with Crippen molar-refractivity contribution in [1.82, 2.24) is 10.2 Å². The molecule has 0 bridgehead atoms. The highest BCUT2D eigenvalue weighted by Crippen LogP contribution is 2.51. The van der Waals surface area contributed by atoms with Gasteiger partial charge in [0.2, 0.25) is 11.8 Å². The van der Waals surface area contributed by atoms with Crippen LogP contribution in [0.3, 0.4) is 0 Å². The zero-order valence-corrected chi connectivity index (χ0v) is 12.5. The summed E-state index contributed by atoms with van der Waals surface area (Å²) in [5.41, 5.74) is 2.24. The van der Waals surface area contributed by atoms with Crippen LogP contribution in [0.25, 0.3) is 0 Å². The molecule has 2 aliphatic heterocycles. The van der Waals surface area contributed by atoms with Crippen LogP contribution in [0.15, 0.2) is 24.4 Å². The molecule has 1 unspecified atom stereocenters. The summed E-state index contributed by atoms with van der Waals surface area (Å²) in [6.07, 6.45) is 7.10. The van der Waals surface area contributed by atoms with Crippen LogP contribution in [0.4, 0.5) is 11.5 Å². The predicted molar refractivity (Wildman–Crippen MR) is 85.0 cm³/mol. The molecule has 2 aliphatic rings. The number of aromatic nitrogens is 2. The Morgan fingerprint density at radius 3 is 3.00 bits per heavy atom. The molecule has 2 aromatic rings. The van der Waals surface area contributed by atoms with Crippen molar-refractivity contribution in [2.24, 2.45) is 0 Å². The van der Waals surface area contributed by atoms with E-state index in [9.17, 15) is 9.59 Å². The molecule has 0 aliphatic carbocycles. The molecule has 23 heavy (non-hydrogen) atoms. The number of anilines is 2. The first kappa shape index (κ1) is 13.6. The van der Waals surface area contributed by atoms with Crippen LogP contribution in [0, 0.1) is 19.3 Å². The van der Waals surface area contributed by atoms with E-state index in [-0.39, 0.29) is 24.8 Å². The van der Waals surface area contributed by atoms with Gasteiger partial charge in [0.1, 0.15) is 11.2 Å². The van der Waals surface area contributed by atoms with Crippen molar-refractivity contribution >= 4 is 23.3 Å². The lowest BCUT2D eigenvalue weighted by atomic mass is 9.71. The monoisotopic (exact) mass is 306 g/mol. The van der Waals surface area contributed by atoms with Crippen molar-refractivity contribution in [2.45, 2.75) is 18.8 Å². The van der Waals surface area contributed by atoms with Crippen molar-refractivity contribution in [3.05, 3.63) is 41.1 Å². The Morgan fingerprint density at radius 2 is 2.22 bits per heavy atom. The van der Waals surface area contributed by atoms with Crippen LogP contribution in [-0.2, 0) is 15.0 Å². The Morgan fingerprint density at radius 1 is 1.39 bits per heavy atom. The van der Waals surface area contributed by atoms with Gasteiger partial charge in [-0.25, -0.2) is 0 Å². The summed E-state index contributed by atoms with van der Waals surface area (Å²) < 4.78 is 0. The van der Waals surface area contributed by atoms with Crippen molar-refractivity contribution in [3.8, 4) is 12.3 Å². The number of amides is 2. The van der Waals surface area contributed by atoms with E-state index in [4.69, 9.17) is 6.42 Å². The van der Waals surface area contributed by atoms with Crippen LogP contribution < -0.4 is 10.2 Å². The van der Waals surface area contributed by atoms with Crippen molar-refractivity contribution in [3.63, 3.8) is 0 Å². The highest BCUT2D eigenvalue weighted by Gasteiger charge is 2.56. The Labute approximate surface area is 132 Å². The van der Waals surface area contributed by atoms with Crippen LogP contribution in [0.1, 0.15) is 23.1 Å². The van der Waals surface area contributed by atoms with Crippen LogP contribution >= 0.6 is 0 Å². The standard InChI is InChI=1S/C17H14N4O2/c1-3-6-21-13-5-4-10(2)7-11(13)17(16(21)23)8-14(22)19-15-12(17)9-18-20-15/h1,4-5,7,9H,6,8H2,2H3,(H2,18,19,20,22). The molecule has 1 aromatic heterocycles. The first-order chi connectivity index (χ1) is 11.1. The summed E-state index contributed by atoms with van der Waals surface area (Å²) in [6.45, 7) is 2.13. The maximum absolute atomic E-state index is 13.3. The number of hydrogen-bond donors (Lipinski definition) is 2. The SMILES string of the molecule is C#CCN1C(=O)C2(CC(=O)Nc3[nH]ncc32)c2cc(C)ccc21. The van der Waals surface area contributed by atoms with Gasteiger partial charge in [0.15, 0.2) is 0 Å². The van der Waals surface area contributed by atoms with Gasteiger partial charge in [-0.3, -0.25) is 19.6 Å². The van der Waals surface area contributed by atoms with E-state index in [1.807, 2.05) is 25.1 Å². The maximum atomic E-state index is 13.3. The first-order valence-corrected chi connectivity index (χ1v) is 7.28. The average molecular weight is 306 g/mol. The van der Waals surface area contributed by atoms with Gasteiger partial charge in [-0.1, -0.05) is 23.6 Å². The number of carbonyl (C=O) groups is 2. The number of nitrogens with one attached hydrogen (secondary N) is 2. The molecule has 0 saturated carbocycles. The third-order valence-corrected chi connectivity index (χ3v) is 4.55. The van der Waals surface area contributed by atoms with Gasteiger partial charge in [0.05, 0.1) is 12.7 Å². The average Bonchev–Trinajstić information content (AvgIpc) is 3.06. The van der Waals surface area contributed by atoms with E-state index in [0.717, 1.165) is 16.8 Å². The molecule has 1 spiro atoms. The molecule has 2 amide bonds. The van der Waals surface area contributed by atoms with E-state index < -0.39 is 5.41 Å². The van der Waals surface area contributed by atoms with E-state index in [0.29, 0.717) is 11.4 Å². The Balaban J connectivity index is 2.04. The molecule has 4 rings (SSSR count). The van der Waals surface area contributed by atoms with Gasteiger partial charge in [-0.05, 0) is 18.6 Å². The van der Waals surface area contributed by atoms with Crippen LogP contribution in [-0.4, -0.2) is 28.6 Å². The topological polar surface area (TPSA) is 78.1 Å². The molecule has 114 valence electrons. The molecular formula is C17H14N4O2. The number of hydrogen-bond acceptors (Lipinski definition) is 3. The molecule has 0 radical (unpaired) electrons. The van der Waals surface area contributed by atoms with E-state index in [2.05, 4.69) is 21.4 Å². The van der Waals surface area contributed by atoms with Crippen molar-refractivity contribution in [1.29, 1.82) is 0 Å². The molecule has 6 heteroatoms. The lowest BCUT2D eigenvalue weighted by Gasteiger charge is -2.31. The molecule has 6 nitrogen and oxygen atoms in total. The first-order valence-electron chi connectivity index (χ1n) is 7.28. The minimum Gasteiger partial charge on any atom is -0.311 e. The molecule has 1 atom stereocenters. The van der Waals surface area contributed by atoms with Crippen LogP contribution in [0.2, 0.25) is 0 Å². The summed E-state index contributed by atoms with van der Waals surface area (Å²) in [5, 5.41) is 9.50. The Kier molecular flexibility index (Phi) is 2.64. The number of aryl methyl sites for hydroxylation is 1. The Hall–Kier alpha value is -3.07. The molecule has 2 N–H and O–H groups in total. The summed E-state index contributed by atoms with van der Waals surface area (Å²) in [4.78, 5) is 27.0. The zero-order valence-electron chi connectivity index (χ0n) is 12.5. The minimum atomic E-state index is -1.05. The fraction of sp³-hybridized carbons (Fsp3) is 0.235. The van der Waals surface area contributed by atoms with Gasteiger partial charge >= 0.3 is 0 Å². The molecule has 1 aromatic carbocycles. The molecule has 0 fully saturated rings. The number of rotatable bonds is 1. The van der Waals surface area contributed by atoms with Crippen molar-refractivity contribution in [2.75, 3.05) is 16.8 Å². The smallest absolute Gasteiger partial charge is 0.243 e. The lowest BCUT2D eigenvalue weighted by Crippen LogP contribution is -2.46. The molecule has 3 heterocycles. The highest BCUT2D eigenvalue weighted by atomic mass is 16.2. The van der Waals surface area contributed by atoms with Crippen LogP contribution in [0.5, 0.6) is 0 Å². The highest BCUT2D eigenvalue weighted by molar-refractivity contribution is 6.15. The quantitative estimate of drug-likeness (QED) is 0.780. The number of H-pyrrole nitrogens is 1. The number of carbonyl (C=O) groups excluding carboxylic acids is 2. The van der Waals surface area contributed by atoms with E-state index in [1.54, 1.807) is 11.1 Å². The number of fused-ring (bicyclic) bond motifs is 4. The predicted octanol–water partition coefficient (Wildman–Crippen LogP) is 1.33. The van der Waals surface area contributed by atoms with Gasteiger partial charge in [-0.2, -0.15) is 5.10 Å². The maximum Gasteiger partial charge on any atom is 0.243 e. The fourth-order valence-corrected chi connectivity index (χ4v) is 3.59. The number of benzene rings is 1. The second-order valence-corrected chi connectivity index (χ2v) is 5.90. The summed E-state index contributed by atoms with van der Waals surface area (Å²) in [6, 6.07) is 5.79. The fourth-order valence-electron chi connectivity index (χ4n) is 3.59. The zero-order chi connectivity index (χ0) is 16.2. The van der Waals surface area contributed by atoms with Gasteiger partial charge in [-0.15, -0.1) is 6.42 Å². The molecular weight excluding hydrogens is 292 g/mol. The third-order valence-electron chi connectivity index (χ3n) is 4.55. The lowest BCUT2D eigenvalue weighted by molar-refractivity contribution is -0.126. The second kappa shape index (κ2) is 4.46. The third kappa shape index (κ3) is 1.62. The normalized spacial score (nSPS) is 21.8. The molecule has 0 saturated heterocycles. The van der Waals surface area contributed by atoms with Gasteiger partial charge in [0, 0.05) is 17.7 Å². The van der Waals surface area contributed by atoms with E-state index in [1.165, 1.54) is 0 Å². The van der Waals surface area contributed by atoms with Crippen molar-refractivity contribution < 1.29 is 9.59 Å². The number of aromatic amines is 1. The summed E-state index contributed by atoms with van der Waals surface area (Å²) >= 11 is 0. The van der Waals surface area contributed by atoms with Gasteiger partial charge in [0.25, 0.3) is 0 Å². The minimum absolute atomic E-state index is 0.0515.